The number of carbonyl (C=O) groups excluding carboxylic acids is 1. The Hall–Kier alpha value is -1.76. The van der Waals surface area contributed by atoms with Crippen molar-refractivity contribution in [2.24, 2.45) is 0 Å². The van der Waals surface area contributed by atoms with E-state index >= 15 is 0 Å². The van der Waals surface area contributed by atoms with Gasteiger partial charge in [-0.2, -0.15) is 0 Å². The van der Waals surface area contributed by atoms with E-state index in [0.717, 1.165) is 4.47 Å². The summed E-state index contributed by atoms with van der Waals surface area (Å²) in [5.74, 6) is -0.0309. The van der Waals surface area contributed by atoms with Gasteiger partial charge in [0.1, 0.15) is 23.5 Å². The Bertz CT molecular complexity index is 683. The molecule has 1 aliphatic heterocycles. The summed E-state index contributed by atoms with van der Waals surface area (Å²) < 4.78 is 12.1. The van der Waals surface area contributed by atoms with Crippen LogP contribution in [0.5, 0.6) is 5.75 Å². The van der Waals surface area contributed by atoms with E-state index < -0.39 is 29.8 Å². The summed E-state index contributed by atoms with van der Waals surface area (Å²) in [6.07, 6.45) is -0.831. The second kappa shape index (κ2) is 7.86. The lowest BCUT2D eigenvalue weighted by Gasteiger charge is -2.26. The van der Waals surface area contributed by atoms with Gasteiger partial charge in [0, 0.05) is 6.42 Å². The molecule has 144 valence electrons. The van der Waals surface area contributed by atoms with Gasteiger partial charge in [-0.15, -0.1) is 0 Å². The standard InChI is InChI=1S/C19H26BrNO5/c1-11(2)12-6-7-16(14(20)8-12)25-13-9-15(17(22)23)21(10-13)18(24)26-19(3,4)5/h6-8,11,13,15H,9-10H2,1-5H3,(H,22,23)/t13-,15+/m1/s1. The van der Waals surface area contributed by atoms with Crippen molar-refractivity contribution in [3.8, 4) is 5.75 Å². The molecule has 1 heterocycles. The number of carboxylic acids is 1. The molecule has 0 saturated carbocycles. The summed E-state index contributed by atoms with van der Waals surface area (Å²) in [4.78, 5) is 25.1. The molecule has 6 nitrogen and oxygen atoms in total. The Morgan fingerprint density at radius 1 is 1.31 bits per heavy atom. The summed E-state index contributed by atoms with van der Waals surface area (Å²) in [5, 5.41) is 9.45. The number of nitrogens with zero attached hydrogens (tertiary/aromatic N) is 1. The highest BCUT2D eigenvalue weighted by Crippen LogP contribution is 2.32. The van der Waals surface area contributed by atoms with Crippen LogP contribution in [0.25, 0.3) is 0 Å². The lowest BCUT2D eigenvalue weighted by atomic mass is 10.0. The van der Waals surface area contributed by atoms with Crippen LogP contribution in [-0.4, -0.2) is 46.4 Å². The van der Waals surface area contributed by atoms with Crippen LogP contribution in [0.1, 0.15) is 52.5 Å². The van der Waals surface area contributed by atoms with Crippen LogP contribution >= 0.6 is 15.9 Å². The normalized spacial score (nSPS) is 20.3. The monoisotopic (exact) mass is 427 g/mol. The van der Waals surface area contributed by atoms with Gasteiger partial charge in [-0.1, -0.05) is 19.9 Å². The van der Waals surface area contributed by atoms with Crippen molar-refractivity contribution in [2.75, 3.05) is 6.54 Å². The summed E-state index contributed by atoms with van der Waals surface area (Å²) in [6, 6.07) is 4.89. The SMILES string of the molecule is CC(C)c1ccc(O[C@@H]2C[C@@H](C(=O)O)N(C(=O)OC(C)(C)C)C2)c(Br)c1. The minimum Gasteiger partial charge on any atom is -0.487 e. The number of hydrogen-bond acceptors (Lipinski definition) is 4. The number of likely N-dealkylation sites (tertiary alicyclic amines) is 1. The van der Waals surface area contributed by atoms with E-state index in [0.29, 0.717) is 11.7 Å². The number of ether oxygens (including phenoxy) is 2. The summed E-state index contributed by atoms with van der Waals surface area (Å²) >= 11 is 3.50. The first-order valence-corrected chi connectivity index (χ1v) is 9.45. The van der Waals surface area contributed by atoms with Crippen molar-refractivity contribution >= 4 is 28.0 Å². The maximum Gasteiger partial charge on any atom is 0.411 e. The molecule has 1 aromatic carbocycles. The molecule has 1 amide bonds. The van der Waals surface area contributed by atoms with Gasteiger partial charge in [-0.25, -0.2) is 9.59 Å². The van der Waals surface area contributed by atoms with Crippen molar-refractivity contribution in [1.29, 1.82) is 0 Å². The molecule has 0 aromatic heterocycles. The molecule has 1 aliphatic rings. The van der Waals surface area contributed by atoms with Crippen molar-refractivity contribution in [3.63, 3.8) is 0 Å². The van der Waals surface area contributed by atoms with Crippen LogP contribution in [0.4, 0.5) is 4.79 Å². The van der Waals surface area contributed by atoms with Crippen LogP contribution in [0.3, 0.4) is 0 Å². The van der Waals surface area contributed by atoms with Gasteiger partial charge in [0.05, 0.1) is 11.0 Å². The van der Waals surface area contributed by atoms with Gasteiger partial charge in [-0.05, 0) is 60.3 Å². The summed E-state index contributed by atoms with van der Waals surface area (Å²) in [6.45, 7) is 9.63. The number of carboxylic acid groups (broad SMARTS) is 1. The predicted octanol–water partition coefficient (Wildman–Crippen LogP) is 4.41. The number of aliphatic carboxylic acids is 1. The van der Waals surface area contributed by atoms with Gasteiger partial charge < -0.3 is 14.6 Å². The third-order valence-electron chi connectivity index (χ3n) is 4.09. The molecular formula is C19H26BrNO5. The van der Waals surface area contributed by atoms with E-state index in [4.69, 9.17) is 9.47 Å². The highest BCUT2D eigenvalue weighted by molar-refractivity contribution is 9.10. The molecular weight excluding hydrogens is 402 g/mol. The number of benzene rings is 1. The number of amides is 1. The molecule has 1 N–H and O–H groups in total. The third-order valence-corrected chi connectivity index (χ3v) is 4.71. The van der Waals surface area contributed by atoms with Gasteiger partial charge in [-0.3, -0.25) is 4.90 Å². The van der Waals surface area contributed by atoms with E-state index in [1.54, 1.807) is 20.8 Å². The van der Waals surface area contributed by atoms with E-state index in [1.165, 1.54) is 10.5 Å². The fraction of sp³-hybridized carbons (Fsp3) is 0.579. The van der Waals surface area contributed by atoms with Crippen LogP contribution in [0.2, 0.25) is 0 Å². The smallest absolute Gasteiger partial charge is 0.411 e. The molecule has 0 radical (unpaired) electrons. The molecule has 2 atom stereocenters. The Morgan fingerprint density at radius 2 is 1.96 bits per heavy atom. The zero-order chi connectivity index (χ0) is 19.6. The zero-order valence-electron chi connectivity index (χ0n) is 15.8. The number of rotatable bonds is 4. The number of hydrogen-bond donors (Lipinski definition) is 1. The summed E-state index contributed by atoms with van der Waals surface area (Å²) in [7, 11) is 0. The highest BCUT2D eigenvalue weighted by Gasteiger charge is 2.42. The average Bonchev–Trinajstić information content (AvgIpc) is 2.92. The van der Waals surface area contributed by atoms with Gasteiger partial charge >= 0.3 is 12.1 Å². The van der Waals surface area contributed by atoms with Gasteiger partial charge in [0.2, 0.25) is 0 Å². The van der Waals surface area contributed by atoms with E-state index in [2.05, 4.69) is 29.8 Å². The molecule has 0 aliphatic carbocycles. The summed E-state index contributed by atoms with van der Waals surface area (Å²) in [5.41, 5.74) is 0.490. The quantitative estimate of drug-likeness (QED) is 0.769. The minimum absolute atomic E-state index is 0.171. The first kappa shape index (κ1) is 20.6. The number of halogens is 1. The second-order valence-electron chi connectivity index (χ2n) is 7.81. The van der Waals surface area contributed by atoms with Crippen LogP contribution in [0.15, 0.2) is 22.7 Å². The lowest BCUT2D eigenvalue weighted by Crippen LogP contribution is -2.43. The molecule has 1 aromatic rings. The van der Waals surface area contributed by atoms with Crippen molar-refractivity contribution in [1.82, 2.24) is 4.90 Å². The molecule has 0 bridgehead atoms. The first-order chi connectivity index (χ1) is 12.0. The molecule has 2 rings (SSSR count). The fourth-order valence-corrected chi connectivity index (χ4v) is 3.28. The molecule has 26 heavy (non-hydrogen) atoms. The van der Waals surface area contributed by atoms with Crippen molar-refractivity contribution in [2.45, 2.75) is 64.7 Å². The largest absolute Gasteiger partial charge is 0.487 e. The van der Waals surface area contributed by atoms with Gasteiger partial charge in [0.25, 0.3) is 0 Å². The second-order valence-corrected chi connectivity index (χ2v) is 8.66. The van der Waals surface area contributed by atoms with Crippen molar-refractivity contribution < 1.29 is 24.2 Å². The predicted molar refractivity (Wildman–Crippen MR) is 102 cm³/mol. The van der Waals surface area contributed by atoms with Gasteiger partial charge in [0.15, 0.2) is 0 Å². The minimum atomic E-state index is -1.06. The van der Waals surface area contributed by atoms with E-state index in [9.17, 15) is 14.7 Å². The zero-order valence-corrected chi connectivity index (χ0v) is 17.4. The van der Waals surface area contributed by atoms with E-state index in [-0.39, 0.29) is 13.0 Å². The number of carbonyl (C=O) groups is 2. The third kappa shape index (κ3) is 5.13. The fourth-order valence-electron chi connectivity index (χ4n) is 2.79. The Labute approximate surface area is 162 Å². The molecule has 7 heteroatoms. The highest BCUT2D eigenvalue weighted by atomic mass is 79.9. The average molecular weight is 428 g/mol. The Morgan fingerprint density at radius 3 is 2.46 bits per heavy atom. The lowest BCUT2D eigenvalue weighted by molar-refractivity contribution is -0.142. The van der Waals surface area contributed by atoms with E-state index in [1.807, 2.05) is 18.2 Å². The maximum atomic E-state index is 12.3. The Balaban J connectivity index is 2.12. The molecule has 0 spiro atoms. The maximum absolute atomic E-state index is 12.3. The van der Waals surface area contributed by atoms with Crippen LogP contribution < -0.4 is 4.74 Å². The first-order valence-electron chi connectivity index (χ1n) is 8.66. The van der Waals surface area contributed by atoms with Crippen LogP contribution in [-0.2, 0) is 9.53 Å². The topological polar surface area (TPSA) is 76.1 Å². The molecule has 1 fully saturated rings. The van der Waals surface area contributed by atoms with Crippen molar-refractivity contribution in [3.05, 3.63) is 28.2 Å². The Kier molecular flexibility index (Phi) is 6.21. The molecule has 1 saturated heterocycles. The molecule has 0 unspecified atom stereocenters. The van der Waals surface area contributed by atoms with Crippen LogP contribution in [0, 0.1) is 0 Å².